The van der Waals surface area contributed by atoms with Gasteiger partial charge in [-0.05, 0) is 17.2 Å². The molecule has 0 unspecified atom stereocenters. The van der Waals surface area contributed by atoms with Crippen LogP contribution >= 0.6 is 0 Å². The Morgan fingerprint density at radius 2 is 1.73 bits per heavy atom. The maximum atomic E-state index is 10.3. The largest absolute Gasteiger partial charge is 0.478 e. The second-order valence-electron chi connectivity index (χ2n) is 2.98. The second kappa shape index (κ2) is 5.78. The molecule has 1 aromatic carbocycles. The van der Waals surface area contributed by atoms with Crippen LogP contribution in [-0.4, -0.2) is 17.6 Å². The second-order valence-corrected chi connectivity index (χ2v) is 2.98. The Hall–Kier alpha value is -1.87. The number of nitrogens with two attached hydrogens (primary N) is 1. The number of aliphatic carboxylic acids is 1. The molecule has 0 amide bonds. The number of carbonyl (C=O) groups is 1. The minimum atomic E-state index is -0.942. The molecule has 1 rings (SSSR count). The Morgan fingerprint density at radius 3 is 2.20 bits per heavy atom. The van der Waals surface area contributed by atoms with Gasteiger partial charge < -0.3 is 10.8 Å². The van der Waals surface area contributed by atoms with Gasteiger partial charge >= 0.3 is 5.97 Å². The molecule has 1 aromatic rings. The van der Waals surface area contributed by atoms with Crippen molar-refractivity contribution in [3.05, 3.63) is 47.5 Å². The smallest absolute Gasteiger partial charge is 0.328 e. The molecule has 3 nitrogen and oxygen atoms in total. The zero-order chi connectivity index (χ0) is 11.1. The van der Waals surface area contributed by atoms with Crippen molar-refractivity contribution in [2.75, 3.05) is 6.54 Å². The molecule has 0 saturated carbocycles. The molecule has 0 radical (unpaired) electrons. The van der Waals surface area contributed by atoms with Crippen LogP contribution in [0.5, 0.6) is 0 Å². The minimum absolute atomic E-state index is 0.515. The molecule has 3 heteroatoms. The number of rotatable bonds is 4. The standard InChI is InChI=1S/C12H13NO2/c13-9-1-2-10-3-5-11(6-4-10)7-8-12(14)15/h1-8H,9,13H2,(H,14,15)/b2-1?,8-7+. The average Bonchev–Trinajstić information content (AvgIpc) is 2.25. The van der Waals surface area contributed by atoms with E-state index in [0.29, 0.717) is 6.54 Å². The van der Waals surface area contributed by atoms with Gasteiger partial charge in [-0.3, -0.25) is 0 Å². The van der Waals surface area contributed by atoms with E-state index in [1.807, 2.05) is 36.4 Å². The predicted octanol–water partition coefficient (Wildman–Crippen LogP) is 1.76. The third-order valence-corrected chi connectivity index (χ3v) is 1.80. The molecule has 0 atom stereocenters. The first-order chi connectivity index (χ1) is 7.22. The summed E-state index contributed by atoms with van der Waals surface area (Å²) in [5.41, 5.74) is 7.24. The molecule has 0 bridgehead atoms. The summed E-state index contributed by atoms with van der Waals surface area (Å²) >= 11 is 0. The summed E-state index contributed by atoms with van der Waals surface area (Å²) in [6.07, 6.45) is 6.45. The number of hydrogen-bond acceptors (Lipinski definition) is 2. The summed E-state index contributed by atoms with van der Waals surface area (Å²) < 4.78 is 0. The van der Waals surface area contributed by atoms with E-state index >= 15 is 0 Å². The molecule has 0 heterocycles. The van der Waals surface area contributed by atoms with Crippen molar-refractivity contribution in [2.24, 2.45) is 5.73 Å². The van der Waals surface area contributed by atoms with E-state index < -0.39 is 5.97 Å². The van der Waals surface area contributed by atoms with E-state index in [4.69, 9.17) is 10.8 Å². The van der Waals surface area contributed by atoms with Gasteiger partial charge in [-0.15, -0.1) is 0 Å². The van der Waals surface area contributed by atoms with Crippen molar-refractivity contribution < 1.29 is 9.90 Å². The van der Waals surface area contributed by atoms with Gasteiger partial charge in [0.2, 0.25) is 0 Å². The van der Waals surface area contributed by atoms with Crippen molar-refractivity contribution in [3.8, 4) is 0 Å². The molecule has 0 aliphatic rings. The predicted molar refractivity (Wildman–Crippen MR) is 61.2 cm³/mol. The summed E-state index contributed by atoms with van der Waals surface area (Å²) in [6.45, 7) is 0.515. The quantitative estimate of drug-likeness (QED) is 0.733. The van der Waals surface area contributed by atoms with E-state index in [0.717, 1.165) is 17.2 Å². The SMILES string of the molecule is NCC=Cc1ccc(/C=C/C(=O)O)cc1. The van der Waals surface area contributed by atoms with Gasteiger partial charge in [0, 0.05) is 12.6 Å². The fourth-order valence-corrected chi connectivity index (χ4v) is 1.09. The number of benzene rings is 1. The van der Waals surface area contributed by atoms with Crippen LogP contribution in [0.25, 0.3) is 12.2 Å². The highest BCUT2D eigenvalue weighted by atomic mass is 16.4. The first kappa shape index (κ1) is 11.2. The lowest BCUT2D eigenvalue weighted by molar-refractivity contribution is -0.131. The van der Waals surface area contributed by atoms with Crippen LogP contribution in [0.15, 0.2) is 36.4 Å². The maximum absolute atomic E-state index is 10.3. The van der Waals surface area contributed by atoms with Gasteiger partial charge in [0.25, 0.3) is 0 Å². The Balaban J connectivity index is 2.72. The molecule has 0 fully saturated rings. The summed E-state index contributed by atoms with van der Waals surface area (Å²) in [5, 5.41) is 8.43. The molecule has 15 heavy (non-hydrogen) atoms. The van der Waals surface area contributed by atoms with Crippen LogP contribution in [0.3, 0.4) is 0 Å². The lowest BCUT2D eigenvalue weighted by Gasteiger charge is -1.95. The van der Waals surface area contributed by atoms with Crippen molar-refractivity contribution in [3.63, 3.8) is 0 Å². The first-order valence-corrected chi connectivity index (χ1v) is 4.60. The maximum Gasteiger partial charge on any atom is 0.328 e. The highest BCUT2D eigenvalue weighted by Gasteiger charge is 1.90. The minimum Gasteiger partial charge on any atom is -0.478 e. The zero-order valence-electron chi connectivity index (χ0n) is 8.26. The average molecular weight is 203 g/mol. The summed E-state index contributed by atoms with van der Waals surface area (Å²) in [5.74, 6) is -0.942. The van der Waals surface area contributed by atoms with E-state index in [-0.39, 0.29) is 0 Å². The van der Waals surface area contributed by atoms with Crippen LogP contribution in [0.1, 0.15) is 11.1 Å². The molecule has 0 spiro atoms. The monoisotopic (exact) mass is 203 g/mol. The van der Waals surface area contributed by atoms with Gasteiger partial charge in [-0.1, -0.05) is 36.4 Å². The highest BCUT2D eigenvalue weighted by Crippen LogP contribution is 2.07. The lowest BCUT2D eigenvalue weighted by atomic mass is 10.1. The topological polar surface area (TPSA) is 63.3 Å². The molecule has 0 aliphatic heterocycles. The molecule has 0 aromatic heterocycles. The third kappa shape index (κ3) is 4.24. The van der Waals surface area contributed by atoms with Crippen LogP contribution in [-0.2, 0) is 4.79 Å². The fourth-order valence-electron chi connectivity index (χ4n) is 1.09. The van der Waals surface area contributed by atoms with Crippen LogP contribution in [0.2, 0.25) is 0 Å². The summed E-state index contributed by atoms with van der Waals surface area (Å²) in [6, 6.07) is 7.53. The molecule has 78 valence electrons. The zero-order valence-corrected chi connectivity index (χ0v) is 8.26. The Morgan fingerprint density at radius 1 is 1.20 bits per heavy atom. The van der Waals surface area contributed by atoms with Crippen molar-refractivity contribution in [1.29, 1.82) is 0 Å². The summed E-state index contributed by atoms with van der Waals surface area (Å²) in [7, 11) is 0. The normalized spacial score (nSPS) is 11.3. The number of carboxylic acid groups (broad SMARTS) is 1. The van der Waals surface area contributed by atoms with Gasteiger partial charge in [0.15, 0.2) is 0 Å². The van der Waals surface area contributed by atoms with Crippen molar-refractivity contribution in [1.82, 2.24) is 0 Å². The lowest BCUT2D eigenvalue weighted by Crippen LogP contribution is -1.91. The van der Waals surface area contributed by atoms with E-state index in [1.54, 1.807) is 6.08 Å². The number of hydrogen-bond donors (Lipinski definition) is 2. The molecule has 0 saturated heterocycles. The van der Waals surface area contributed by atoms with Crippen LogP contribution in [0, 0.1) is 0 Å². The van der Waals surface area contributed by atoms with Gasteiger partial charge in [0.1, 0.15) is 0 Å². The fraction of sp³-hybridized carbons (Fsp3) is 0.0833. The highest BCUT2D eigenvalue weighted by molar-refractivity contribution is 5.85. The first-order valence-electron chi connectivity index (χ1n) is 4.60. The van der Waals surface area contributed by atoms with Crippen LogP contribution in [0.4, 0.5) is 0 Å². The Kier molecular flexibility index (Phi) is 4.31. The third-order valence-electron chi connectivity index (χ3n) is 1.80. The van der Waals surface area contributed by atoms with Gasteiger partial charge in [0.05, 0.1) is 0 Å². The molecule has 3 N–H and O–H groups in total. The van der Waals surface area contributed by atoms with E-state index in [9.17, 15) is 4.79 Å². The Labute approximate surface area is 88.5 Å². The van der Waals surface area contributed by atoms with Gasteiger partial charge in [-0.2, -0.15) is 0 Å². The van der Waals surface area contributed by atoms with Crippen molar-refractivity contribution >= 4 is 18.1 Å². The van der Waals surface area contributed by atoms with E-state index in [2.05, 4.69) is 0 Å². The van der Waals surface area contributed by atoms with Crippen molar-refractivity contribution in [2.45, 2.75) is 0 Å². The van der Waals surface area contributed by atoms with E-state index in [1.165, 1.54) is 0 Å². The molecular weight excluding hydrogens is 190 g/mol. The van der Waals surface area contributed by atoms with Gasteiger partial charge in [-0.25, -0.2) is 4.79 Å². The Bertz CT molecular complexity index is 377. The summed E-state index contributed by atoms with van der Waals surface area (Å²) in [4.78, 5) is 10.3. The van der Waals surface area contributed by atoms with Crippen LogP contribution < -0.4 is 5.73 Å². The molecule has 0 aliphatic carbocycles. The number of carboxylic acids is 1. The molecular formula is C12H13NO2.